The summed E-state index contributed by atoms with van der Waals surface area (Å²) in [5, 5.41) is 5.92. The molecule has 0 radical (unpaired) electrons. The third-order valence-electron chi connectivity index (χ3n) is 5.30. The van der Waals surface area contributed by atoms with E-state index in [1.54, 1.807) is 7.11 Å². The van der Waals surface area contributed by atoms with Gasteiger partial charge in [0.15, 0.2) is 0 Å². The quantitative estimate of drug-likeness (QED) is 0.680. The van der Waals surface area contributed by atoms with E-state index in [1.807, 2.05) is 55.5 Å². The minimum Gasteiger partial charge on any atom is -0.495 e. The number of carbonyl (C=O) groups excluding carboxylic acids is 2. The van der Waals surface area contributed by atoms with Gasteiger partial charge in [0, 0.05) is 16.1 Å². The molecule has 1 unspecified atom stereocenters. The monoisotopic (exact) mass is 459 g/mol. The number of piperidine rings is 1. The Morgan fingerprint density at radius 1 is 1.07 bits per heavy atom. The molecule has 29 heavy (non-hydrogen) atoms. The average Bonchev–Trinajstić information content (AvgIpc) is 2.75. The molecule has 1 fully saturated rings. The molecular weight excluding hydrogens is 434 g/mol. The maximum Gasteiger partial charge on any atom is 0.241 e. The summed E-state index contributed by atoms with van der Waals surface area (Å²) in [4.78, 5) is 27.3. The van der Waals surface area contributed by atoms with Gasteiger partial charge >= 0.3 is 0 Å². The first kappa shape index (κ1) is 21.3. The molecule has 2 N–H and O–H groups in total. The molecule has 6 nitrogen and oxygen atoms in total. The number of likely N-dealkylation sites (tertiary alicyclic amines) is 1. The molecule has 1 aliphatic rings. The fourth-order valence-corrected chi connectivity index (χ4v) is 3.74. The van der Waals surface area contributed by atoms with E-state index in [1.165, 1.54) is 0 Å². The van der Waals surface area contributed by atoms with Gasteiger partial charge in [0.1, 0.15) is 5.75 Å². The third-order valence-corrected chi connectivity index (χ3v) is 5.83. The molecule has 1 aliphatic heterocycles. The average molecular weight is 460 g/mol. The number of hydrogen-bond acceptors (Lipinski definition) is 4. The maximum absolute atomic E-state index is 12.6. The summed E-state index contributed by atoms with van der Waals surface area (Å²) in [6, 6.07) is 14.7. The summed E-state index contributed by atoms with van der Waals surface area (Å²) in [6.45, 7) is 3.32. The van der Waals surface area contributed by atoms with Crippen LogP contribution in [0.15, 0.2) is 53.0 Å². The summed E-state index contributed by atoms with van der Waals surface area (Å²) < 4.78 is 6.26. The first-order valence-electron chi connectivity index (χ1n) is 9.72. The molecule has 2 aromatic carbocycles. The third kappa shape index (κ3) is 5.58. The largest absolute Gasteiger partial charge is 0.495 e. The number of amides is 2. The Labute approximate surface area is 179 Å². The molecule has 154 valence electrons. The number of para-hydroxylation sites is 2. The van der Waals surface area contributed by atoms with Crippen molar-refractivity contribution in [2.75, 3.05) is 30.8 Å². The zero-order chi connectivity index (χ0) is 20.8. The van der Waals surface area contributed by atoms with Crippen molar-refractivity contribution < 1.29 is 14.3 Å². The Morgan fingerprint density at radius 3 is 2.38 bits per heavy atom. The molecule has 1 saturated heterocycles. The number of nitrogens with one attached hydrogen (secondary N) is 2. The number of carbonyl (C=O) groups is 2. The second kappa shape index (κ2) is 9.89. The van der Waals surface area contributed by atoms with Crippen LogP contribution in [0.4, 0.5) is 11.4 Å². The molecule has 7 heteroatoms. The van der Waals surface area contributed by atoms with E-state index in [2.05, 4.69) is 31.5 Å². The lowest BCUT2D eigenvalue weighted by Gasteiger charge is -2.34. The van der Waals surface area contributed by atoms with Crippen LogP contribution in [0.25, 0.3) is 0 Å². The summed E-state index contributed by atoms with van der Waals surface area (Å²) >= 11 is 3.39. The van der Waals surface area contributed by atoms with Crippen molar-refractivity contribution in [2.45, 2.75) is 25.8 Å². The predicted octanol–water partition coefficient (Wildman–Crippen LogP) is 4.14. The van der Waals surface area contributed by atoms with Crippen molar-refractivity contribution >= 4 is 39.1 Å². The molecule has 0 aromatic heterocycles. The molecule has 0 spiro atoms. The Balaban J connectivity index is 1.50. The zero-order valence-corrected chi connectivity index (χ0v) is 18.2. The van der Waals surface area contributed by atoms with Crippen molar-refractivity contribution in [3.8, 4) is 5.75 Å². The minimum absolute atomic E-state index is 0.00103. The lowest BCUT2D eigenvalue weighted by Crippen LogP contribution is -2.47. The minimum atomic E-state index is -0.253. The van der Waals surface area contributed by atoms with Gasteiger partial charge in [-0.15, -0.1) is 0 Å². The van der Waals surface area contributed by atoms with Crippen LogP contribution in [0.5, 0.6) is 5.75 Å². The number of halogens is 1. The van der Waals surface area contributed by atoms with Gasteiger partial charge in [-0.2, -0.15) is 0 Å². The first-order valence-corrected chi connectivity index (χ1v) is 10.5. The highest BCUT2D eigenvalue weighted by atomic mass is 79.9. The molecule has 0 aliphatic carbocycles. The van der Waals surface area contributed by atoms with Gasteiger partial charge in [0.2, 0.25) is 11.8 Å². The van der Waals surface area contributed by atoms with E-state index >= 15 is 0 Å². The molecule has 2 aromatic rings. The second-order valence-electron chi connectivity index (χ2n) is 7.17. The summed E-state index contributed by atoms with van der Waals surface area (Å²) in [6.07, 6.45) is 1.44. The van der Waals surface area contributed by atoms with Crippen LogP contribution >= 0.6 is 15.9 Å². The van der Waals surface area contributed by atoms with Crippen LogP contribution in [0.3, 0.4) is 0 Å². The fraction of sp³-hybridized carbons (Fsp3) is 0.364. The van der Waals surface area contributed by atoms with E-state index < -0.39 is 0 Å². The van der Waals surface area contributed by atoms with Crippen LogP contribution in [0.2, 0.25) is 0 Å². The summed E-state index contributed by atoms with van der Waals surface area (Å²) in [7, 11) is 1.59. The Bertz CT molecular complexity index is 849. The topological polar surface area (TPSA) is 70.7 Å². The highest BCUT2D eigenvalue weighted by Gasteiger charge is 2.30. The van der Waals surface area contributed by atoms with Crippen molar-refractivity contribution in [3.05, 3.63) is 53.0 Å². The molecule has 2 amide bonds. The number of benzene rings is 2. The molecule has 3 rings (SSSR count). The standard InChI is InChI=1S/C22H26BrN3O3/c1-15(21(27)24-18-9-7-17(23)8-10-18)26-13-11-16(12-14-26)22(28)25-19-5-3-4-6-20(19)29-2/h3-10,15-16H,11-14H2,1-2H3,(H,24,27)(H,25,28). The summed E-state index contributed by atoms with van der Waals surface area (Å²) in [5.41, 5.74) is 1.46. The van der Waals surface area contributed by atoms with E-state index in [0.717, 1.165) is 23.0 Å². The molecular formula is C22H26BrN3O3. The van der Waals surface area contributed by atoms with Crippen LogP contribution < -0.4 is 15.4 Å². The van der Waals surface area contributed by atoms with Gasteiger partial charge in [-0.3, -0.25) is 14.5 Å². The number of nitrogens with zero attached hydrogens (tertiary/aromatic N) is 1. The lowest BCUT2D eigenvalue weighted by molar-refractivity contribution is -0.123. The lowest BCUT2D eigenvalue weighted by atomic mass is 9.94. The van der Waals surface area contributed by atoms with Crippen LogP contribution in [-0.2, 0) is 9.59 Å². The Kier molecular flexibility index (Phi) is 7.28. The smallest absolute Gasteiger partial charge is 0.241 e. The fourth-order valence-electron chi connectivity index (χ4n) is 3.48. The molecule has 0 bridgehead atoms. The maximum atomic E-state index is 12.6. The second-order valence-corrected chi connectivity index (χ2v) is 8.09. The SMILES string of the molecule is COc1ccccc1NC(=O)C1CCN(C(C)C(=O)Nc2ccc(Br)cc2)CC1. The van der Waals surface area contributed by atoms with Gasteiger partial charge < -0.3 is 15.4 Å². The highest BCUT2D eigenvalue weighted by molar-refractivity contribution is 9.10. The number of ether oxygens (including phenoxy) is 1. The number of methoxy groups -OCH3 is 1. The van der Waals surface area contributed by atoms with E-state index in [-0.39, 0.29) is 23.8 Å². The van der Waals surface area contributed by atoms with Crippen molar-refractivity contribution in [2.24, 2.45) is 5.92 Å². The van der Waals surface area contributed by atoms with Crippen molar-refractivity contribution in [1.82, 2.24) is 4.90 Å². The molecule has 1 atom stereocenters. The highest BCUT2D eigenvalue weighted by Crippen LogP contribution is 2.26. The van der Waals surface area contributed by atoms with E-state index in [4.69, 9.17) is 4.74 Å². The van der Waals surface area contributed by atoms with Gasteiger partial charge in [-0.25, -0.2) is 0 Å². The van der Waals surface area contributed by atoms with Crippen molar-refractivity contribution in [1.29, 1.82) is 0 Å². The van der Waals surface area contributed by atoms with Crippen LogP contribution in [-0.4, -0.2) is 43.0 Å². The van der Waals surface area contributed by atoms with Crippen LogP contribution in [0, 0.1) is 5.92 Å². The molecule has 1 heterocycles. The first-order chi connectivity index (χ1) is 14.0. The van der Waals surface area contributed by atoms with Gasteiger partial charge in [0.25, 0.3) is 0 Å². The number of anilines is 2. The van der Waals surface area contributed by atoms with E-state index in [9.17, 15) is 9.59 Å². The zero-order valence-electron chi connectivity index (χ0n) is 16.7. The van der Waals surface area contributed by atoms with E-state index in [0.29, 0.717) is 24.5 Å². The van der Waals surface area contributed by atoms with Crippen molar-refractivity contribution in [3.63, 3.8) is 0 Å². The Morgan fingerprint density at radius 2 is 1.72 bits per heavy atom. The van der Waals surface area contributed by atoms with Crippen LogP contribution in [0.1, 0.15) is 19.8 Å². The van der Waals surface area contributed by atoms with Gasteiger partial charge in [0.05, 0.1) is 18.8 Å². The number of rotatable bonds is 6. The predicted molar refractivity (Wildman–Crippen MR) is 118 cm³/mol. The molecule has 0 saturated carbocycles. The van der Waals surface area contributed by atoms with Gasteiger partial charge in [-0.05, 0) is 69.3 Å². The van der Waals surface area contributed by atoms with Gasteiger partial charge in [-0.1, -0.05) is 28.1 Å². The Hall–Kier alpha value is -2.38. The number of hydrogen-bond donors (Lipinski definition) is 2. The normalized spacial score (nSPS) is 16.1. The summed E-state index contributed by atoms with van der Waals surface area (Å²) in [5.74, 6) is 0.541.